The minimum absolute atomic E-state index is 0.474. The summed E-state index contributed by atoms with van der Waals surface area (Å²) in [4.78, 5) is 4.09. The van der Waals surface area contributed by atoms with Gasteiger partial charge in [-0.25, -0.2) is 4.98 Å². The Balaban J connectivity index is 2.31. The molecule has 12 heavy (non-hydrogen) atoms. The number of imidazole rings is 1. The molecular formula is C8H13ClN2O. The van der Waals surface area contributed by atoms with E-state index in [9.17, 15) is 0 Å². The standard InChI is InChI=1S/C8H13ClN2O/c1-2-12-4-3-11-6-8(5-9)10-7-11/h6-7H,2-5H2,1H3. The van der Waals surface area contributed by atoms with Crippen LogP contribution in [0.15, 0.2) is 12.5 Å². The maximum absolute atomic E-state index is 5.59. The van der Waals surface area contributed by atoms with Crippen LogP contribution in [0.25, 0.3) is 0 Å². The summed E-state index contributed by atoms with van der Waals surface area (Å²) < 4.78 is 7.18. The summed E-state index contributed by atoms with van der Waals surface area (Å²) in [6.07, 6.45) is 3.71. The molecule has 1 rings (SSSR count). The molecule has 0 unspecified atom stereocenters. The molecule has 4 heteroatoms. The fraction of sp³-hybridized carbons (Fsp3) is 0.625. The molecule has 0 fully saturated rings. The van der Waals surface area contributed by atoms with Gasteiger partial charge in [0.1, 0.15) is 0 Å². The Labute approximate surface area is 77.3 Å². The molecule has 0 radical (unpaired) electrons. The number of aromatic nitrogens is 2. The van der Waals surface area contributed by atoms with E-state index in [0.717, 1.165) is 25.5 Å². The van der Waals surface area contributed by atoms with Gasteiger partial charge < -0.3 is 9.30 Å². The molecule has 1 aromatic heterocycles. The third-order valence-corrected chi connectivity index (χ3v) is 1.80. The lowest BCUT2D eigenvalue weighted by atomic mass is 10.5. The molecule has 0 aliphatic heterocycles. The van der Waals surface area contributed by atoms with E-state index in [1.54, 1.807) is 6.33 Å². The van der Waals surface area contributed by atoms with Gasteiger partial charge in [0, 0.05) is 19.3 Å². The summed E-state index contributed by atoms with van der Waals surface area (Å²) in [5.41, 5.74) is 0.910. The first-order valence-electron chi connectivity index (χ1n) is 4.01. The Kier molecular flexibility index (Phi) is 4.11. The van der Waals surface area contributed by atoms with E-state index >= 15 is 0 Å². The zero-order valence-corrected chi connectivity index (χ0v) is 7.92. The van der Waals surface area contributed by atoms with Crippen LogP contribution in [0.3, 0.4) is 0 Å². The van der Waals surface area contributed by atoms with Crippen LogP contribution < -0.4 is 0 Å². The number of nitrogens with zero attached hydrogens (tertiary/aromatic N) is 2. The molecule has 0 N–H and O–H groups in total. The van der Waals surface area contributed by atoms with Crippen molar-refractivity contribution >= 4 is 11.6 Å². The van der Waals surface area contributed by atoms with Gasteiger partial charge in [-0.15, -0.1) is 11.6 Å². The number of alkyl halides is 1. The van der Waals surface area contributed by atoms with Crippen LogP contribution in [0, 0.1) is 0 Å². The lowest BCUT2D eigenvalue weighted by Crippen LogP contribution is -2.03. The van der Waals surface area contributed by atoms with Gasteiger partial charge in [0.2, 0.25) is 0 Å². The van der Waals surface area contributed by atoms with E-state index in [2.05, 4.69) is 4.98 Å². The van der Waals surface area contributed by atoms with E-state index in [0.29, 0.717) is 5.88 Å². The van der Waals surface area contributed by atoms with Crippen molar-refractivity contribution in [3.63, 3.8) is 0 Å². The summed E-state index contributed by atoms with van der Waals surface area (Å²) in [5.74, 6) is 0.474. The highest BCUT2D eigenvalue weighted by Gasteiger charge is 1.95. The first kappa shape index (κ1) is 9.55. The van der Waals surface area contributed by atoms with Crippen LogP contribution in [-0.4, -0.2) is 22.8 Å². The topological polar surface area (TPSA) is 27.1 Å². The molecule has 0 bridgehead atoms. The molecule has 0 saturated heterocycles. The molecule has 0 spiro atoms. The van der Waals surface area contributed by atoms with Crippen LogP contribution in [0.2, 0.25) is 0 Å². The molecule has 0 aliphatic carbocycles. The van der Waals surface area contributed by atoms with Crippen molar-refractivity contribution in [3.8, 4) is 0 Å². The Morgan fingerprint density at radius 3 is 3.08 bits per heavy atom. The highest BCUT2D eigenvalue weighted by atomic mass is 35.5. The van der Waals surface area contributed by atoms with Gasteiger partial charge in [0.25, 0.3) is 0 Å². The molecule has 0 atom stereocenters. The van der Waals surface area contributed by atoms with Crippen molar-refractivity contribution in [3.05, 3.63) is 18.2 Å². The van der Waals surface area contributed by atoms with Crippen molar-refractivity contribution < 1.29 is 4.74 Å². The van der Waals surface area contributed by atoms with Crippen LogP contribution in [-0.2, 0) is 17.2 Å². The Morgan fingerprint density at radius 2 is 2.50 bits per heavy atom. The maximum atomic E-state index is 5.59. The van der Waals surface area contributed by atoms with Gasteiger partial charge in [-0.2, -0.15) is 0 Å². The third-order valence-electron chi connectivity index (χ3n) is 1.52. The summed E-state index contributed by atoms with van der Waals surface area (Å²) in [5, 5.41) is 0. The summed E-state index contributed by atoms with van der Waals surface area (Å²) in [7, 11) is 0. The number of hydrogen-bond donors (Lipinski definition) is 0. The predicted molar refractivity (Wildman–Crippen MR) is 48.3 cm³/mol. The summed E-state index contributed by atoms with van der Waals surface area (Å²) >= 11 is 5.59. The van der Waals surface area contributed by atoms with Crippen LogP contribution in [0.1, 0.15) is 12.6 Å². The molecule has 0 amide bonds. The largest absolute Gasteiger partial charge is 0.380 e. The SMILES string of the molecule is CCOCCn1cnc(CCl)c1. The average Bonchev–Trinajstić information content (AvgIpc) is 2.53. The lowest BCUT2D eigenvalue weighted by molar-refractivity contribution is 0.139. The second-order valence-electron chi connectivity index (χ2n) is 2.43. The smallest absolute Gasteiger partial charge is 0.0950 e. The number of hydrogen-bond acceptors (Lipinski definition) is 2. The lowest BCUT2D eigenvalue weighted by Gasteiger charge is -2.00. The quantitative estimate of drug-likeness (QED) is 0.519. The monoisotopic (exact) mass is 188 g/mol. The van der Waals surface area contributed by atoms with Gasteiger partial charge in [-0.3, -0.25) is 0 Å². The first-order chi connectivity index (χ1) is 5.86. The molecule has 0 aliphatic rings. The van der Waals surface area contributed by atoms with Crippen molar-refractivity contribution in [2.45, 2.75) is 19.3 Å². The van der Waals surface area contributed by atoms with E-state index in [1.807, 2.05) is 17.7 Å². The van der Waals surface area contributed by atoms with Gasteiger partial charge in [0.15, 0.2) is 0 Å². The molecule has 3 nitrogen and oxygen atoms in total. The summed E-state index contributed by atoms with van der Waals surface area (Å²) in [6.45, 7) is 4.32. The molecule has 1 aromatic rings. The second kappa shape index (κ2) is 5.17. The van der Waals surface area contributed by atoms with Gasteiger partial charge in [-0.05, 0) is 6.92 Å². The molecule has 0 aromatic carbocycles. The van der Waals surface area contributed by atoms with Crippen molar-refractivity contribution in [2.24, 2.45) is 0 Å². The normalized spacial score (nSPS) is 10.5. The average molecular weight is 189 g/mol. The Morgan fingerprint density at radius 1 is 1.67 bits per heavy atom. The van der Waals surface area contributed by atoms with Crippen molar-refractivity contribution in [1.29, 1.82) is 0 Å². The molecule has 0 saturated carbocycles. The minimum Gasteiger partial charge on any atom is -0.380 e. The fourth-order valence-corrected chi connectivity index (χ4v) is 1.05. The van der Waals surface area contributed by atoms with Crippen LogP contribution in [0.5, 0.6) is 0 Å². The zero-order valence-electron chi connectivity index (χ0n) is 7.16. The van der Waals surface area contributed by atoms with Gasteiger partial charge >= 0.3 is 0 Å². The number of rotatable bonds is 5. The Hall–Kier alpha value is -0.540. The van der Waals surface area contributed by atoms with E-state index in [-0.39, 0.29) is 0 Å². The maximum Gasteiger partial charge on any atom is 0.0950 e. The zero-order chi connectivity index (χ0) is 8.81. The molecular weight excluding hydrogens is 176 g/mol. The number of halogens is 1. The minimum atomic E-state index is 0.474. The van der Waals surface area contributed by atoms with Crippen molar-refractivity contribution in [2.75, 3.05) is 13.2 Å². The number of ether oxygens (including phenoxy) is 1. The molecule has 1 heterocycles. The second-order valence-corrected chi connectivity index (χ2v) is 2.70. The van der Waals surface area contributed by atoms with Crippen LogP contribution in [0.4, 0.5) is 0 Å². The third kappa shape index (κ3) is 2.83. The Bertz CT molecular complexity index is 225. The fourth-order valence-electron chi connectivity index (χ4n) is 0.912. The highest BCUT2D eigenvalue weighted by molar-refractivity contribution is 6.16. The van der Waals surface area contributed by atoms with Gasteiger partial charge in [0.05, 0.1) is 24.5 Å². The van der Waals surface area contributed by atoms with Crippen LogP contribution >= 0.6 is 11.6 Å². The highest BCUT2D eigenvalue weighted by Crippen LogP contribution is 1.99. The van der Waals surface area contributed by atoms with Crippen molar-refractivity contribution in [1.82, 2.24) is 9.55 Å². The summed E-state index contributed by atoms with van der Waals surface area (Å²) in [6, 6.07) is 0. The first-order valence-corrected chi connectivity index (χ1v) is 4.54. The van der Waals surface area contributed by atoms with Gasteiger partial charge in [-0.1, -0.05) is 0 Å². The van der Waals surface area contributed by atoms with E-state index < -0.39 is 0 Å². The van der Waals surface area contributed by atoms with E-state index in [1.165, 1.54) is 0 Å². The van der Waals surface area contributed by atoms with E-state index in [4.69, 9.17) is 16.3 Å². The predicted octanol–water partition coefficient (Wildman–Crippen LogP) is 1.66. The molecule has 68 valence electrons.